The van der Waals surface area contributed by atoms with Crippen molar-refractivity contribution in [2.75, 3.05) is 6.54 Å². The van der Waals surface area contributed by atoms with Crippen LogP contribution in [0.3, 0.4) is 0 Å². The zero-order valence-electron chi connectivity index (χ0n) is 8.55. The van der Waals surface area contributed by atoms with Gasteiger partial charge in [0.2, 0.25) is 0 Å². The van der Waals surface area contributed by atoms with Crippen LogP contribution in [0, 0.1) is 0 Å². The summed E-state index contributed by atoms with van der Waals surface area (Å²) in [5, 5.41) is 13.0. The summed E-state index contributed by atoms with van der Waals surface area (Å²) in [5.41, 5.74) is 1.22. The zero-order valence-corrected chi connectivity index (χ0v) is 8.55. The number of rotatable bonds is 4. The van der Waals surface area contributed by atoms with Gasteiger partial charge in [-0.2, -0.15) is 0 Å². The van der Waals surface area contributed by atoms with Gasteiger partial charge in [-0.15, -0.1) is 0 Å². The normalized spacial score (nSPS) is 28.8. The first kappa shape index (κ1) is 10.7. The van der Waals surface area contributed by atoms with E-state index in [9.17, 15) is 5.11 Å². The molecule has 1 rings (SSSR count). The number of hydrogen-bond acceptors (Lipinski definition) is 2. The van der Waals surface area contributed by atoms with Crippen LogP contribution in [0.1, 0.15) is 39.0 Å². The fourth-order valence-electron chi connectivity index (χ4n) is 1.75. The molecule has 1 saturated carbocycles. The van der Waals surface area contributed by atoms with Crippen molar-refractivity contribution in [2.24, 2.45) is 0 Å². The van der Waals surface area contributed by atoms with Crippen molar-refractivity contribution in [3.05, 3.63) is 12.2 Å². The molecule has 0 amide bonds. The Labute approximate surface area is 81.0 Å². The molecule has 1 aliphatic rings. The summed E-state index contributed by atoms with van der Waals surface area (Å²) in [4.78, 5) is 0. The summed E-state index contributed by atoms with van der Waals surface area (Å²) in [7, 11) is 0. The predicted octanol–water partition coefficient (Wildman–Crippen LogP) is 1.85. The molecule has 1 fully saturated rings. The minimum atomic E-state index is -0.140. The van der Waals surface area contributed by atoms with Gasteiger partial charge >= 0.3 is 0 Å². The van der Waals surface area contributed by atoms with Gasteiger partial charge in [0, 0.05) is 12.6 Å². The van der Waals surface area contributed by atoms with E-state index in [2.05, 4.69) is 18.8 Å². The Morgan fingerprint density at radius 3 is 2.77 bits per heavy atom. The highest BCUT2D eigenvalue weighted by atomic mass is 16.3. The average molecular weight is 183 g/mol. The van der Waals surface area contributed by atoms with Crippen LogP contribution in [0.4, 0.5) is 0 Å². The number of hydrogen-bond donors (Lipinski definition) is 2. The second-order valence-electron chi connectivity index (χ2n) is 3.94. The molecule has 0 aromatic heterocycles. The molecule has 0 aromatic rings. The fraction of sp³-hybridized carbons (Fsp3) is 0.818. The largest absolute Gasteiger partial charge is 0.392 e. The Morgan fingerprint density at radius 1 is 1.46 bits per heavy atom. The molecule has 2 atom stereocenters. The molecule has 0 aromatic carbocycles. The second-order valence-corrected chi connectivity index (χ2v) is 3.94. The van der Waals surface area contributed by atoms with Crippen LogP contribution in [-0.4, -0.2) is 23.8 Å². The van der Waals surface area contributed by atoms with Crippen LogP contribution in [0.5, 0.6) is 0 Å². The van der Waals surface area contributed by atoms with Crippen LogP contribution < -0.4 is 5.32 Å². The topological polar surface area (TPSA) is 32.3 Å². The lowest BCUT2D eigenvalue weighted by Gasteiger charge is -2.28. The molecular weight excluding hydrogens is 162 g/mol. The maximum Gasteiger partial charge on any atom is 0.0693 e. The number of nitrogens with one attached hydrogen (secondary N) is 1. The van der Waals surface area contributed by atoms with Gasteiger partial charge in [0.1, 0.15) is 0 Å². The summed E-state index contributed by atoms with van der Waals surface area (Å²) >= 11 is 0. The van der Waals surface area contributed by atoms with E-state index < -0.39 is 0 Å². The Balaban J connectivity index is 2.22. The van der Waals surface area contributed by atoms with Gasteiger partial charge in [-0.3, -0.25) is 0 Å². The van der Waals surface area contributed by atoms with E-state index in [-0.39, 0.29) is 6.10 Å². The Bertz CT molecular complexity index is 167. The first-order valence-electron chi connectivity index (χ1n) is 5.32. The standard InChI is InChI=1S/C11H21NO/c1-3-9(2)8-12-10-6-4-5-7-11(10)13/h10-13H,2-8H2,1H3. The molecule has 0 saturated heterocycles. The third-order valence-corrected chi connectivity index (χ3v) is 2.84. The quantitative estimate of drug-likeness (QED) is 0.652. The molecule has 0 spiro atoms. The first-order chi connectivity index (χ1) is 6.24. The van der Waals surface area contributed by atoms with Crippen LogP contribution in [0.15, 0.2) is 12.2 Å². The monoisotopic (exact) mass is 183 g/mol. The van der Waals surface area contributed by atoms with Crippen molar-refractivity contribution in [3.8, 4) is 0 Å². The molecular formula is C11H21NO. The summed E-state index contributed by atoms with van der Waals surface area (Å²) in [6.07, 6.45) is 5.37. The van der Waals surface area contributed by atoms with Crippen molar-refractivity contribution in [1.82, 2.24) is 5.32 Å². The van der Waals surface area contributed by atoms with Gasteiger partial charge in [-0.05, 0) is 19.3 Å². The summed E-state index contributed by atoms with van der Waals surface area (Å²) in [5.74, 6) is 0. The van der Waals surface area contributed by atoms with Gasteiger partial charge < -0.3 is 10.4 Å². The lowest BCUT2D eigenvalue weighted by atomic mass is 9.92. The van der Waals surface area contributed by atoms with E-state index in [1.165, 1.54) is 18.4 Å². The number of aliphatic hydroxyl groups is 1. The van der Waals surface area contributed by atoms with E-state index in [1.807, 2.05) is 0 Å². The van der Waals surface area contributed by atoms with Crippen molar-refractivity contribution in [3.63, 3.8) is 0 Å². The molecule has 0 heterocycles. The molecule has 0 bridgehead atoms. The smallest absolute Gasteiger partial charge is 0.0693 e. The van der Waals surface area contributed by atoms with Gasteiger partial charge in [0.15, 0.2) is 0 Å². The van der Waals surface area contributed by atoms with Crippen molar-refractivity contribution in [1.29, 1.82) is 0 Å². The summed E-state index contributed by atoms with van der Waals surface area (Å²) < 4.78 is 0. The van der Waals surface area contributed by atoms with Gasteiger partial charge in [0.05, 0.1) is 6.10 Å². The Hall–Kier alpha value is -0.340. The third-order valence-electron chi connectivity index (χ3n) is 2.84. The highest BCUT2D eigenvalue weighted by molar-refractivity contribution is 4.96. The predicted molar refractivity (Wildman–Crippen MR) is 55.7 cm³/mol. The van der Waals surface area contributed by atoms with Gasteiger partial charge in [0.25, 0.3) is 0 Å². The van der Waals surface area contributed by atoms with Crippen molar-refractivity contribution >= 4 is 0 Å². The lowest BCUT2D eigenvalue weighted by Crippen LogP contribution is -2.42. The Morgan fingerprint density at radius 2 is 2.15 bits per heavy atom. The lowest BCUT2D eigenvalue weighted by molar-refractivity contribution is 0.0924. The van der Waals surface area contributed by atoms with Crippen LogP contribution in [-0.2, 0) is 0 Å². The average Bonchev–Trinajstić information content (AvgIpc) is 2.16. The summed E-state index contributed by atoms with van der Waals surface area (Å²) in [6, 6.07) is 0.303. The van der Waals surface area contributed by atoms with Crippen molar-refractivity contribution in [2.45, 2.75) is 51.2 Å². The van der Waals surface area contributed by atoms with Crippen LogP contribution in [0.25, 0.3) is 0 Å². The minimum absolute atomic E-state index is 0.140. The number of aliphatic hydroxyl groups excluding tert-OH is 1. The van der Waals surface area contributed by atoms with Gasteiger partial charge in [-0.1, -0.05) is 31.9 Å². The van der Waals surface area contributed by atoms with Crippen molar-refractivity contribution < 1.29 is 5.11 Å². The fourth-order valence-corrected chi connectivity index (χ4v) is 1.75. The SMILES string of the molecule is C=C(CC)CNC1CCCCC1O. The maximum atomic E-state index is 9.66. The Kier molecular flexibility index (Phi) is 4.46. The molecule has 2 nitrogen and oxygen atoms in total. The van der Waals surface area contributed by atoms with E-state index in [4.69, 9.17) is 0 Å². The highest BCUT2D eigenvalue weighted by Gasteiger charge is 2.21. The van der Waals surface area contributed by atoms with E-state index in [0.29, 0.717) is 6.04 Å². The van der Waals surface area contributed by atoms with Gasteiger partial charge in [-0.25, -0.2) is 0 Å². The molecule has 0 aliphatic heterocycles. The molecule has 1 aliphatic carbocycles. The third kappa shape index (κ3) is 3.49. The molecule has 2 N–H and O–H groups in total. The maximum absolute atomic E-state index is 9.66. The van der Waals surface area contributed by atoms with Crippen LogP contribution in [0.2, 0.25) is 0 Å². The molecule has 0 radical (unpaired) electrons. The van der Waals surface area contributed by atoms with E-state index in [1.54, 1.807) is 0 Å². The molecule has 2 heteroatoms. The second kappa shape index (κ2) is 5.40. The zero-order chi connectivity index (χ0) is 9.68. The highest BCUT2D eigenvalue weighted by Crippen LogP contribution is 2.18. The van der Waals surface area contributed by atoms with E-state index >= 15 is 0 Å². The minimum Gasteiger partial charge on any atom is -0.392 e. The first-order valence-corrected chi connectivity index (χ1v) is 5.32. The summed E-state index contributed by atoms with van der Waals surface area (Å²) in [6.45, 7) is 6.91. The van der Waals surface area contributed by atoms with Crippen LogP contribution >= 0.6 is 0 Å². The van der Waals surface area contributed by atoms with E-state index in [0.717, 1.165) is 25.8 Å². The molecule has 76 valence electrons. The molecule has 13 heavy (non-hydrogen) atoms. The molecule has 2 unspecified atom stereocenters.